The van der Waals surface area contributed by atoms with Crippen LogP contribution in [0.3, 0.4) is 0 Å². The van der Waals surface area contributed by atoms with Gasteiger partial charge in [-0.1, -0.05) is 29.1 Å². The Bertz CT molecular complexity index is 1010. The van der Waals surface area contributed by atoms with Gasteiger partial charge in [0, 0.05) is 17.7 Å². The van der Waals surface area contributed by atoms with Crippen LogP contribution in [0.25, 0.3) is 22.4 Å². The van der Waals surface area contributed by atoms with Crippen molar-refractivity contribution in [1.82, 2.24) is 20.1 Å². The van der Waals surface area contributed by atoms with Crippen LogP contribution in [0.1, 0.15) is 5.89 Å². The van der Waals surface area contributed by atoms with Gasteiger partial charge in [0.2, 0.25) is 11.7 Å². The number of thioether (sulfide) groups is 1. The predicted octanol–water partition coefficient (Wildman–Crippen LogP) is 3.81. The van der Waals surface area contributed by atoms with E-state index in [1.807, 2.05) is 24.3 Å². The van der Waals surface area contributed by atoms with E-state index in [-0.39, 0.29) is 5.69 Å². The lowest BCUT2D eigenvalue weighted by Gasteiger charge is -1.94. The van der Waals surface area contributed by atoms with Crippen LogP contribution in [0.5, 0.6) is 0 Å². The average Bonchev–Trinajstić information content (AvgIpc) is 3.26. The maximum Gasteiger partial charge on any atom is 0.269 e. The van der Waals surface area contributed by atoms with Gasteiger partial charge in [-0.3, -0.25) is 10.1 Å². The molecular weight excluding hydrogens is 342 g/mol. The second kappa shape index (κ2) is 6.36. The van der Waals surface area contributed by atoms with Crippen LogP contribution < -0.4 is 0 Å². The molecule has 0 atom stereocenters. The van der Waals surface area contributed by atoms with Crippen LogP contribution in [0.15, 0.2) is 58.2 Å². The minimum absolute atomic E-state index is 0.0212. The van der Waals surface area contributed by atoms with Crippen LogP contribution in [0.2, 0.25) is 0 Å². The number of hydrogen-bond acceptors (Lipinski definition) is 7. The van der Waals surface area contributed by atoms with Crippen molar-refractivity contribution < 1.29 is 9.45 Å². The molecule has 4 aromatic rings. The third-order valence-electron chi connectivity index (χ3n) is 3.50. The summed E-state index contributed by atoms with van der Waals surface area (Å²) in [4.78, 5) is 22.2. The number of nitrogens with one attached hydrogen (secondary N) is 1. The summed E-state index contributed by atoms with van der Waals surface area (Å²) in [7, 11) is 0. The first-order valence-electron chi connectivity index (χ1n) is 7.34. The predicted molar refractivity (Wildman–Crippen MR) is 92.0 cm³/mol. The molecule has 0 radical (unpaired) electrons. The number of para-hydroxylation sites is 2. The monoisotopic (exact) mass is 353 g/mol. The van der Waals surface area contributed by atoms with E-state index < -0.39 is 4.92 Å². The number of non-ortho nitro benzene ring substituents is 1. The molecular formula is C16H11N5O3S. The molecule has 0 aliphatic heterocycles. The van der Waals surface area contributed by atoms with E-state index in [9.17, 15) is 10.1 Å². The highest BCUT2D eigenvalue weighted by Gasteiger charge is 2.12. The van der Waals surface area contributed by atoms with E-state index in [4.69, 9.17) is 4.52 Å². The molecule has 0 fully saturated rings. The van der Waals surface area contributed by atoms with E-state index in [1.54, 1.807) is 12.1 Å². The van der Waals surface area contributed by atoms with Gasteiger partial charge in [0.05, 0.1) is 21.7 Å². The molecule has 8 nitrogen and oxygen atoms in total. The van der Waals surface area contributed by atoms with E-state index in [1.165, 1.54) is 23.9 Å². The van der Waals surface area contributed by atoms with Crippen molar-refractivity contribution in [3.63, 3.8) is 0 Å². The highest BCUT2D eigenvalue weighted by molar-refractivity contribution is 7.98. The zero-order chi connectivity index (χ0) is 17.2. The number of rotatable bonds is 5. The van der Waals surface area contributed by atoms with Crippen molar-refractivity contribution in [1.29, 1.82) is 0 Å². The highest BCUT2D eigenvalue weighted by Crippen LogP contribution is 2.24. The number of benzene rings is 2. The molecule has 124 valence electrons. The molecule has 2 heterocycles. The summed E-state index contributed by atoms with van der Waals surface area (Å²) in [5.74, 6) is 1.33. The number of nitro groups is 1. The summed E-state index contributed by atoms with van der Waals surface area (Å²) in [6, 6.07) is 13.8. The lowest BCUT2D eigenvalue weighted by atomic mass is 10.2. The van der Waals surface area contributed by atoms with Crippen LogP contribution >= 0.6 is 11.8 Å². The highest BCUT2D eigenvalue weighted by atomic mass is 32.2. The van der Waals surface area contributed by atoms with Crippen LogP contribution in [-0.4, -0.2) is 25.0 Å². The number of nitro benzene ring substituents is 1. The Balaban J connectivity index is 1.46. The molecule has 25 heavy (non-hydrogen) atoms. The van der Waals surface area contributed by atoms with Crippen LogP contribution in [-0.2, 0) is 5.75 Å². The molecule has 0 amide bonds. The molecule has 2 aromatic carbocycles. The number of H-pyrrole nitrogens is 1. The second-order valence-corrected chi connectivity index (χ2v) is 6.13. The normalized spacial score (nSPS) is 11.0. The fourth-order valence-corrected chi connectivity index (χ4v) is 3.01. The van der Waals surface area contributed by atoms with Crippen molar-refractivity contribution in [2.75, 3.05) is 0 Å². The Morgan fingerprint density at radius 3 is 2.68 bits per heavy atom. The Hall–Kier alpha value is -3.20. The van der Waals surface area contributed by atoms with E-state index in [0.717, 1.165) is 16.2 Å². The lowest BCUT2D eigenvalue weighted by molar-refractivity contribution is -0.384. The van der Waals surface area contributed by atoms with Gasteiger partial charge in [0.1, 0.15) is 0 Å². The van der Waals surface area contributed by atoms with Crippen LogP contribution in [0, 0.1) is 10.1 Å². The van der Waals surface area contributed by atoms with Crippen molar-refractivity contribution in [2.45, 2.75) is 10.9 Å². The van der Waals surface area contributed by atoms with Crippen molar-refractivity contribution >= 4 is 28.5 Å². The molecule has 4 rings (SSSR count). The van der Waals surface area contributed by atoms with Gasteiger partial charge in [0.25, 0.3) is 5.69 Å². The Kier molecular flexibility index (Phi) is 3.90. The maximum atomic E-state index is 10.7. The molecule has 0 saturated carbocycles. The smallest absolute Gasteiger partial charge is 0.269 e. The molecule has 0 saturated heterocycles. The standard InChI is InChI=1S/C16H11N5O3S/c22-21(23)11-7-5-10(6-8-11)15-19-14(24-20-15)9-25-16-17-12-3-1-2-4-13(12)18-16/h1-8H,9H2,(H,17,18). The van der Waals surface area contributed by atoms with Crippen molar-refractivity contribution in [3.8, 4) is 11.4 Å². The minimum atomic E-state index is -0.449. The molecule has 0 spiro atoms. The van der Waals surface area contributed by atoms with Gasteiger partial charge in [-0.05, 0) is 24.3 Å². The lowest BCUT2D eigenvalue weighted by Crippen LogP contribution is -1.88. The zero-order valence-electron chi connectivity index (χ0n) is 12.7. The first kappa shape index (κ1) is 15.3. The van der Waals surface area contributed by atoms with Gasteiger partial charge in [-0.2, -0.15) is 4.98 Å². The SMILES string of the molecule is O=[N+]([O-])c1ccc(-c2noc(CSc3nc4ccccc4[nH]3)n2)cc1. The minimum Gasteiger partial charge on any atom is -0.338 e. The average molecular weight is 353 g/mol. The Labute approximate surface area is 145 Å². The van der Waals surface area contributed by atoms with Crippen molar-refractivity contribution in [3.05, 3.63) is 64.5 Å². The number of aromatic nitrogens is 4. The number of fused-ring (bicyclic) bond motifs is 1. The Morgan fingerprint density at radius 2 is 1.92 bits per heavy atom. The van der Waals surface area contributed by atoms with Gasteiger partial charge in [-0.15, -0.1) is 0 Å². The van der Waals surface area contributed by atoms with Gasteiger partial charge < -0.3 is 9.51 Å². The third kappa shape index (κ3) is 3.22. The zero-order valence-corrected chi connectivity index (χ0v) is 13.6. The molecule has 0 unspecified atom stereocenters. The van der Waals surface area contributed by atoms with Gasteiger partial charge in [-0.25, -0.2) is 4.98 Å². The fraction of sp³-hybridized carbons (Fsp3) is 0.0625. The topological polar surface area (TPSA) is 111 Å². The fourth-order valence-electron chi connectivity index (χ4n) is 2.29. The summed E-state index contributed by atoms with van der Waals surface area (Å²) < 4.78 is 5.24. The summed E-state index contributed by atoms with van der Waals surface area (Å²) in [5.41, 5.74) is 2.56. The molecule has 9 heteroatoms. The number of hydrogen-bond donors (Lipinski definition) is 1. The first-order chi connectivity index (χ1) is 12.2. The summed E-state index contributed by atoms with van der Waals surface area (Å²) >= 11 is 1.46. The third-order valence-corrected chi connectivity index (χ3v) is 4.36. The number of imidazole rings is 1. The van der Waals surface area contributed by atoms with E-state index in [2.05, 4.69) is 20.1 Å². The molecule has 0 aliphatic carbocycles. The Morgan fingerprint density at radius 1 is 1.12 bits per heavy atom. The van der Waals surface area contributed by atoms with E-state index in [0.29, 0.717) is 23.0 Å². The largest absolute Gasteiger partial charge is 0.338 e. The molecule has 0 aliphatic rings. The molecule has 2 aromatic heterocycles. The van der Waals surface area contributed by atoms with Gasteiger partial charge >= 0.3 is 0 Å². The first-order valence-corrected chi connectivity index (χ1v) is 8.32. The maximum absolute atomic E-state index is 10.7. The van der Waals surface area contributed by atoms with E-state index >= 15 is 0 Å². The summed E-state index contributed by atoms with van der Waals surface area (Å²) in [5, 5.41) is 15.4. The number of aromatic amines is 1. The molecule has 1 N–H and O–H groups in total. The molecule has 0 bridgehead atoms. The summed E-state index contributed by atoms with van der Waals surface area (Å²) in [6.45, 7) is 0. The van der Waals surface area contributed by atoms with Crippen molar-refractivity contribution in [2.24, 2.45) is 0 Å². The summed E-state index contributed by atoms with van der Waals surface area (Å²) in [6.07, 6.45) is 0. The quantitative estimate of drug-likeness (QED) is 0.330. The van der Waals surface area contributed by atoms with Gasteiger partial charge in [0.15, 0.2) is 5.16 Å². The number of nitrogens with zero attached hydrogens (tertiary/aromatic N) is 4. The van der Waals surface area contributed by atoms with Crippen LogP contribution in [0.4, 0.5) is 5.69 Å². The second-order valence-electron chi connectivity index (χ2n) is 5.16.